The van der Waals surface area contributed by atoms with E-state index in [-0.39, 0.29) is 10.8 Å². The van der Waals surface area contributed by atoms with Gasteiger partial charge in [-0.3, -0.25) is 0 Å². The third-order valence-electron chi connectivity index (χ3n) is 0.903. The molecular formula is C5H2ClIN2O2. The Morgan fingerprint density at radius 2 is 2.36 bits per heavy atom. The van der Waals surface area contributed by atoms with Crippen molar-refractivity contribution in [2.75, 3.05) is 0 Å². The molecule has 0 saturated heterocycles. The molecule has 0 unspecified atom stereocenters. The zero-order chi connectivity index (χ0) is 8.43. The zero-order valence-corrected chi connectivity index (χ0v) is 8.00. The molecule has 0 spiro atoms. The Morgan fingerprint density at radius 3 is 2.82 bits per heavy atom. The maximum Gasteiger partial charge on any atom is 0.357 e. The lowest BCUT2D eigenvalue weighted by molar-refractivity contribution is 0.0688. The molecule has 1 rings (SSSR count). The van der Waals surface area contributed by atoms with Crippen molar-refractivity contribution in [2.45, 2.75) is 0 Å². The highest BCUT2D eigenvalue weighted by molar-refractivity contribution is 14.1. The highest BCUT2D eigenvalue weighted by atomic mass is 127. The van der Waals surface area contributed by atoms with Crippen LogP contribution in [0.2, 0.25) is 5.15 Å². The summed E-state index contributed by atoms with van der Waals surface area (Å²) < 4.78 is 0.294. The van der Waals surface area contributed by atoms with E-state index in [2.05, 4.69) is 9.97 Å². The molecule has 0 atom stereocenters. The molecule has 1 aromatic rings. The molecular weight excluding hydrogens is 282 g/mol. The van der Waals surface area contributed by atoms with E-state index in [0.29, 0.717) is 3.70 Å². The number of hydrogen-bond acceptors (Lipinski definition) is 3. The van der Waals surface area contributed by atoms with Crippen LogP contribution in [-0.4, -0.2) is 21.0 Å². The monoisotopic (exact) mass is 284 g/mol. The molecule has 0 amide bonds. The van der Waals surface area contributed by atoms with E-state index >= 15 is 0 Å². The average molecular weight is 284 g/mol. The molecule has 58 valence electrons. The molecule has 0 aliphatic heterocycles. The van der Waals surface area contributed by atoms with Crippen LogP contribution in [0.3, 0.4) is 0 Å². The second-order valence-corrected chi connectivity index (χ2v) is 3.05. The van der Waals surface area contributed by atoms with Gasteiger partial charge in [-0.05, 0) is 22.6 Å². The summed E-state index contributed by atoms with van der Waals surface area (Å²) in [6.45, 7) is 0. The Hall–Kier alpha value is -0.430. The molecule has 1 heterocycles. The molecule has 0 saturated carbocycles. The van der Waals surface area contributed by atoms with Crippen LogP contribution < -0.4 is 0 Å². The van der Waals surface area contributed by atoms with Gasteiger partial charge in [0.05, 0.1) is 6.20 Å². The molecule has 0 aliphatic carbocycles. The first kappa shape index (κ1) is 8.66. The first-order valence-corrected chi connectivity index (χ1v) is 3.98. The molecule has 1 aromatic heterocycles. The van der Waals surface area contributed by atoms with Crippen molar-refractivity contribution < 1.29 is 9.90 Å². The van der Waals surface area contributed by atoms with Crippen LogP contribution in [-0.2, 0) is 0 Å². The SMILES string of the molecule is O=C(O)c1ncc(Cl)nc1I. The number of nitrogens with zero attached hydrogens (tertiary/aromatic N) is 2. The summed E-state index contributed by atoms with van der Waals surface area (Å²) in [6, 6.07) is 0. The van der Waals surface area contributed by atoms with Crippen molar-refractivity contribution in [1.29, 1.82) is 0 Å². The fourth-order valence-electron chi connectivity index (χ4n) is 0.490. The molecule has 11 heavy (non-hydrogen) atoms. The number of carboxylic acids is 1. The molecule has 0 bridgehead atoms. The van der Waals surface area contributed by atoms with E-state index in [4.69, 9.17) is 16.7 Å². The number of hydrogen-bond donors (Lipinski definition) is 1. The van der Waals surface area contributed by atoms with Crippen LogP contribution in [0.5, 0.6) is 0 Å². The van der Waals surface area contributed by atoms with Crippen molar-refractivity contribution in [2.24, 2.45) is 0 Å². The van der Waals surface area contributed by atoms with E-state index in [9.17, 15) is 4.79 Å². The van der Waals surface area contributed by atoms with Crippen LogP contribution >= 0.6 is 34.2 Å². The van der Waals surface area contributed by atoms with Crippen LogP contribution in [0.25, 0.3) is 0 Å². The number of carboxylic acid groups (broad SMARTS) is 1. The third-order valence-corrected chi connectivity index (χ3v) is 1.84. The second kappa shape index (κ2) is 3.31. The minimum Gasteiger partial charge on any atom is -0.476 e. The summed E-state index contributed by atoms with van der Waals surface area (Å²) in [5, 5.41) is 8.70. The van der Waals surface area contributed by atoms with Crippen LogP contribution in [0.1, 0.15) is 10.5 Å². The normalized spacial score (nSPS) is 9.64. The van der Waals surface area contributed by atoms with Gasteiger partial charge < -0.3 is 5.11 Å². The maximum absolute atomic E-state index is 10.4. The average Bonchev–Trinajstić information content (AvgIpc) is 1.85. The van der Waals surface area contributed by atoms with Crippen LogP contribution in [0.4, 0.5) is 0 Å². The fraction of sp³-hybridized carbons (Fsp3) is 0. The molecule has 0 aromatic carbocycles. The summed E-state index contributed by atoms with van der Waals surface area (Å²) in [7, 11) is 0. The van der Waals surface area contributed by atoms with Gasteiger partial charge in [0.1, 0.15) is 8.85 Å². The predicted molar refractivity (Wildman–Crippen MR) is 46.7 cm³/mol. The van der Waals surface area contributed by atoms with E-state index in [0.717, 1.165) is 0 Å². The van der Waals surface area contributed by atoms with Gasteiger partial charge >= 0.3 is 5.97 Å². The highest BCUT2D eigenvalue weighted by Crippen LogP contribution is 2.10. The summed E-state index contributed by atoms with van der Waals surface area (Å²) >= 11 is 7.21. The minimum atomic E-state index is -1.10. The van der Waals surface area contributed by atoms with E-state index in [1.54, 1.807) is 22.6 Å². The standard InChI is InChI=1S/C5H2ClIN2O2/c6-2-1-8-3(5(10)11)4(7)9-2/h1H,(H,10,11). The summed E-state index contributed by atoms with van der Waals surface area (Å²) in [5.41, 5.74) is -0.0741. The Labute approximate surface area is 80.8 Å². The van der Waals surface area contributed by atoms with Crippen molar-refractivity contribution in [3.63, 3.8) is 0 Å². The van der Waals surface area contributed by atoms with Gasteiger partial charge in [0.25, 0.3) is 0 Å². The van der Waals surface area contributed by atoms with Gasteiger partial charge in [-0.1, -0.05) is 11.6 Å². The van der Waals surface area contributed by atoms with Crippen molar-refractivity contribution in [1.82, 2.24) is 9.97 Å². The minimum absolute atomic E-state index is 0.0741. The first-order chi connectivity index (χ1) is 5.11. The van der Waals surface area contributed by atoms with Crippen molar-refractivity contribution in [3.8, 4) is 0 Å². The van der Waals surface area contributed by atoms with Crippen molar-refractivity contribution in [3.05, 3.63) is 20.7 Å². The molecule has 4 nitrogen and oxygen atoms in total. The Kier molecular flexibility index (Phi) is 2.61. The molecule has 0 fully saturated rings. The van der Waals surface area contributed by atoms with Crippen LogP contribution in [0, 0.1) is 3.70 Å². The van der Waals surface area contributed by atoms with E-state index in [1.807, 2.05) is 0 Å². The summed E-state index contributed by atoms with van der Waals surface area (Å²) in [4.78, 5) is 17.7. The van der Waals surface area contributed by atoms with Gasteiger partial charge in [-0.2, -0.15) is 0 Å². The van der Waals surface area contributed by atoms with Gasteiger partial charge in [0.15, 0.2) is 5.69 Å². The summed E-state index contributed by atoms with van der Waals surface area (Å²) in [6.07, 6.45) is 1.20. The number of rotatable bonds is 1. The fourth-order valence-corrected chi connectivity index (χ4v) is 1.40. The zero-order valence-electron chi connectivity index (χ0n) is 5.08. The number of halogens is 2. The van der Waals surface area contributed by atoms with Gasteiger partial charge in [0, 0.05) is 0 Å². The molecule has 0 radical (unpaired) electrons. The highest BCUT2D eigenvalue weighted by Gasteiger charge is 2.10. The Morgan fingerprint density at radius 1 is 1.73 bits per heavy atom. The van der Waals surface area contributed by atoms with Gasteiger partial charge in [0.2, 0.25) is 0 Å². The molecule has 6 heteroatoms. The van der Waals surface area contributed by atoms with Gasteiger partial charge in [-0.25, -0.2) is 14.8 Å². The lowest BCUT2D eigenvalue weighted by Gasteiger charge is -1.95. The van der Waals surface area contributed by atoms with E-state index < -0.39 is 5.97 Å². The topological polar surface area (TPSA) is 63.1 Å². The number of aromatic carboxylic acids is 1. The number of carbonyl (C=O) groups is 1. The largest absolute Gasteiger partial charge is 0.476 e. The van der Waals surface area contributed by atoms with Crippen LogP contribution in [0.15, 0.2) is 6.20 Å². The smallest absolute Gasteiger partial charge is 0.357 e. The molecule has 1 N–H and O–H groups in total. The Bertz CT molecular complexity index is 305. The van der Waals surface area contributed by atoms with Gasteiger partial charge in [-0.15, -0.1) is 0 Å². The second-order valence-electron chi connectivity index (χ2n) is 1.64. The number of aromatic nitrogens is 2. The lowest BCUT2D eigenvalue weighted by atomic mass is 10.5. The van der Waals surface area contributed by atoms with Crippen molar-refractivity contribution >= 4 is 40.2 Å². The Balaban J connectivity index is 3.20. The van der Waals surface area contributed by atoms with E-state index in [1.165, 1.54) is 6.20 Å². The first-order valence-electron chi connectivity index (χ1n) is 2.52. The quantitative estimate of drug-likeness (QED) is 0.793. The third kappa shape index (κ3) is 2.00. The summed E-state index contributed by atoms with van der Waals surface area (Å²) in [5.74, 6) is -1.10. The maximum atomic E-state index is 10.4. The lowest BCUT2D eigenvalue weighted by Crippen LogP contribution is -2.04. The predicted octanol–water partition coefficient (Wildman–Crippen LogP) is 1.43. The molecule has 0 aliphatic rings.